The van der Waals surface area contributed by atoms with Crippen LogP contribution in [0.5, 0.6) is 0 Å². The fraction of sp³-hybridized carbons (Fsp3) is 0.696. The third-order valence-corrected chi connectivity index (χ3v) is 5.42. The molecule has 0 spiro atoms. The van der Waals surface area contributed by atoms with Gasteiger partial charge in [-0.25, -0.2) is 4.79 Å². The Kier molecular flexibility index (Phi) is 8.11. The van der Waals surface area contributed by atoms with Gasteiger partial charge in [0, 0.05) is 18.8 Å². The normalized spacial score (nSPS) is 27.1. The summed E-state index contributed by atoms with van der Waals surface area (Å²) < 4.78 is 24.1. The summed E-state index contributed by atoms with van der Waals surface area (Å²) in [6, 6.07) is 7.38. The first kappa shape index (κ1) is 23.0. The van der Waals surface area contributed by atoms with Crippen LogP contribution in [0.25, 0.3) is 0 Å². The summed E-state index contributed by atoms with van der Waals surface area (Å²) in [5, 5.41) is 5.71. The van der Waals surface area contributed by atoms with Crippen LogP contribution in [0.2, 0.25) is 0 Å². The monoisotopic (exact) mass is 420 g/mol. The summed E-state index contributed by atoms with van der Waals surface area (Å²) in [6.07, 6.45) is 4.50. The van der Waals surface area contributed by atoms with Crippen molar-refractivity contribution >= 4 is 11.7 Å². The van der Waals surface area contributed by atoms with Gasteiger partial charge in [0.1, 0.15) is 18.3 Å². The van der Waals surface area contributed by atoms with Crippen LogP contribution in [-0.4, -0.2) is 49.6 Å². The van der Waals surface area contributed by atoms with Crippen molar-refractivity contribution in [3.8, 4) is 0 Å². The molecular formula is C23H36N2O5. The maximum absolute atomic E-state index is 12.3. The van der Waals surface area contributed by atoms with Crippen molar-refractivity contribution in [2.75, 3.05) is 18.5 Å². The number of aryl methyl sites for hydroxylation is 1. The van der Waals surface area contributed by atoms with E-state index >= 15 is 0 Å². The lowest BCUT2D eigenvalue weighted by molar-refractivity contribution is -0.217. The lowest BCUT2D eigenvalue weighted by Crippen LogP contribution is -2.44. The van der Waals surface area contributed by atoms with Crippen LogP contribution in [-0.2, 0) is 18.9 Å². The lowest BCUT2D eigenvalue weighted by atomic mass is 10.1. The van der Waals surface area contributed by atoms with Crippen molar-refractivity contribution in [1.82, 2.24) is 5.32 Å². The minimum Gasteiger partial charge on any atom is -0.373 e. The van der Waals surface area contributed by atoms with Gasteiger partial charge in [-0.2, -0.15) is 0 Å². The average molecular weight is 421 g/mol. The van der Waals surface area contributed by atoms with E-state index in [1.807, 2.05) is 45.0 Å². The highest BCUT2D eigenvalue weighted by Crippen LogP contribution is 2.38. The smallest absolute Gasteiger partial charge is 0.319 e. The van der Waals surface area contributed by atoms with Crippen molar-refractivity contribution in [3.05, 3.63) is 29.8 Å². The maximum atomic E-state index is 12.3. The molecule has 2 fully saturated rings. The summed E-state index contributed by atoms with van der Waals surface area (Å²) >= 11 is 0. The molecule has 0 aliphatic carbocycles. The molecule has 0 bridgehead atoms. The minimum absolute atomic E-state index is 0.275. The number of urea groups is 1. The van der Waals surface area contributed by atoms with Gasteiger partial charge in [0.05, 0.1) is 0 Å². The number of unbranched alkanes of at least 4 members (excludes halogenated alkanes) is 4. The van der Waals surface area contributed by atoms with Crippen LogP contribution < -0.4 is 10.6 Å². The van der Waals surface area contributed by atoms with Crippen molar-refractivity contribution < 1.29 is 23.7 Å². The Balaban J connectivity index is 1.49. The largest absolute Gasteiger partial charge is 0.373 e. The number of rotatable bonds is 10. The number of carbonyl (C=O) groups excluding carboxylic acids is 1. The van der Waals surface area contributed by atoms with E-state index in [1.165, 1.54) is 19.3 Å². The highest BCUT2D eigenvalue weighted by Gasteiger charge is 2.55. The Labute approximate surface area is 179 Å². The number of anilines is 1. The first-order valence-corrected chi connectivity index (χ1v) is 11.1. The molecule has 2 N–H and O–H groups in total. The predicted octanol–water partition coefficient (Wildman–Crippen LogP) is 4.35. The third-order valence-electron chi connectivity index (χ3n) is 5.42. The van der Waals surface area contributed by atoms with Crippen LogP contribution in [0, 0.1) is 6.92 Å². The molecule has 168 valence electrons. The van der Waals surface area contributed by atoms with Crippen LogP contribution in [0.15, 0.2) is 24.3 Å². The molecule has 1 aromatic carbocycles. The first-order chi connectivity index (χ1) is 14.4. The second-order valence-electron chi connectivity index (χ2n) is 8.59. The molecule has 0 radical (unpaired) electrons. The van der Waals surface area contributed by atoms with Crippen molar-refractivity contribution in [1.29, 1.82) is 0 Å². The van der Waals surface area contributed by atoms with E-state index in [2.05, 4.69) is 17.6 Å². The number of nitrogens with one attached hydrogen (secondary N) is 2. The minimum atomic E-state index is -0.695. The summed E-state index contributed by atoms with van der Waals surface area (Å²) in [4.78, 5) is 12.3. The number of fused-ring (bicyclic) bond motifs is 1. The van der Waals surface area contributed by atoms with Gasteiger partial charge in [0.2, 0.25) is 0 Å². The van der Waals surface area contributed by atoms with Gasteiger partial charge in [0.15, 0.2) is 12.1 Å². The molecule has 2 aliphatic rings. The zero-order valence-electron chi connectivity index (χ0n) is 18.6. The van der Waals surface area contributed by atoms with Crippen molar-refractivity contribution in [3.63, 3.8) is 0 Å². The highest BCUT2D eigenvalue weighted by molar-refractivity contribution is 5.89. The van der Waals surface area contributed by atoms with E-state index in [9.17, 15) is 4.79 Å². The van der Waals surface area contributed by atoms with Crippen LogP contribution in [0.3, 0.4) is 0 Å². The van der Waals surface area contributed by atoms with Gasteiger partial charge in [0.25, 0.3) is 0 Å². The summed E-state index contributed by atoms with van der Waals surface area (Å²) in [7, 11) is 0. The predicted molar refractivity (Wildman–Crippen MR) is 115 cm³/mol. The summed E-state index contributed by atoms with van der Waals surface area (Å²) in [6.45, 7) is 8.93. The molecule has 7 heteroatoms. The highest BCUT2D eigenvalue weighted by atomic mass is 16.8. The number of hydrogen-bond acceptors (Lipinski definition) is 5. The summed E-state index contributed by atoms with van der Waals surface area (Å²) in [5.74, 6) is -0.695. The molecular weight excluding hydrogens is 384 g/mol. The van der Waals surface area contributed by atoms with E-state index in [1.54, 1.807) is 0 Å². The maximum Gasteiger partial charge on any atom is 0.319 e. The van der Waals surface area contributed by atoms with Gasteiger partial charge >= 0.3 is 6.03 Å². The number of hydrogen-bond donors (Lipinski definition) is 2. The second kappa shape index (κ2) is 10.6. The molecule has 2 heterocycles. The Bertz CT molecular complexity index is 679. The Morgan fingerprint density at radius 2 is 1.83 bits per heavy atom. The van der Waals surface area contributed by atoms with E-state index < -0.39 is 12.1 Å². The van der Waals surface area contributed by atoms with Crippen LogP contribution in [0.1, 0.15) is 58.4 Å². The fourth-order valence-electron chi connectivity index (χ4n) is 3.84. The van der Waals surface area contributed by atoms with Crippen LogP contribution >= 0.6 is 0 Å². The molecule has 0 unspecified atom stereocenters. The number of benzene rings is 1. The van der Waals surface area contributed by atoms with Gasteiger partial charge in [-0.3, -0.25) is 0 Å². The number of amides is 2. The van der Waals surface area contributed by atoms with Crippen molar-refractivity contribution in [2.45, 2.75) is 90.2 Å². The van der Waals surface area contributed by atoms with E-state index in [0.717, 1.165) is 24.1 Å². The van der Waals surface area contributed by atoms with Gasteiger partial charge in [-0.1, -0.05) is 50.3 Å². The number of ether oxygens (including phenoxy) is 4. The van der Waals surface area contributed by atoms with Crippen molar-refractivity contribution in [2.24, 2.45) is 0 Å². The quantitative estimate of drug-likeness (QED) is 0.550. The third kappa shape index (κ3) is 6.41. The summed E-state index contributed by atoms with van der Waals surface area (Å²) in [5.41, 5.74) is 1.89. The molecule has 1 aromatic rings. The van der Waals surface area contributed by atoms with Crippen LogP contribution in [0.4, 0.5) is 10.5 Å². The zero-order valence-corrected chi connectivity index (χ0v) is 18.6. The van der Waals surface area contributed by atoms with E-state index in [4.69, 9.17) is 18.9 Å². The second-order valence-corrected chi connectivity index (χ2v) is 8.59. The molecule has 3 rings (SSSR count). The zero-order chi connectivity index (χ0) is 21.6. The standard InChI is InChI=1S/C23H36N2O5/c1-5-6-7-8-9-14-27-19-18(28-21-20(19)29-23(3,4)30-21)15-24-22(26)25-17-12-10-16(2)11-13-17/h10-13,18-21H,5-9,14-15H2,1-4H3,(H2,24,25,26)/t18-,19-,20+,21+/m0/s1. The van der Waals surface area contributed by atoms with E-state index in [0.29, 0.717) is 13.2 Å². The van der Waals surface area contributed by atoms with Gasteiger partial charge in [-0.15, -0.1) is 0 Å². The SMILES string of the molecule is CCCCCCCO[C@@H]1[C@H]2OC(C)(C)O[C@H]2O[C@H]1CNC(=O)Nc1ccc(C)cc1. The Morgan fingerprint density at radius 3 is 2.57 bits per heavy atom. The molecule has 2 amide bonds. The lowest BCUT2D eigenvalue weighted by Gasteiger charge is -2.26. The molecule has 2 saturated heterocycles. The molecule has 2 aliphatic heterocycles. The number of carbonyl (C=O) groups is 1. The fourth-order valence-corrected chi connectivity index (χ4v) is 3.84. The van der Waals surface area contributed by atoms with Gasteiger partial charge < -0.3 is 29.6 Å². The molecule has 30 heavy (non-hydrogen) atoms. The van der Waals surface area contributed by atoms with E-state index in [-0.39, 0.29) is 24.3 Å². The molecule has 0 saturated carbocycles. The molecule has 7 nitrogen and oxygen atoms in total. The Morgan fingerprint density at radius 1 is 1.10 bits per heavy atom. The average Bonchev–Trinajstić information content (AvgIpc) is 3.16. The van der Waals surface area contributed by atoms with Gasteiger partial charge in [-0.05, 0) is 39.3 Å². The molecule has 4 atom stereocenters. The Hall–Kier alpha value is -1.67. The topological polar surface area (TPSA) is 78.1 Å². The first-order valence-electron chi connectivity index (χ1n) is 11.1. The molecule has 0 aromatic heterocycles.